The molecule has 3 heterocycles. The number of hydrogen-bond donors (Lipinski definition) is 7. The summed E-state index contributed by atoms with van der Waals surface area (Å²) < 4.78 is 0. The van der Waals surface area contributed by atoms with Gasteiger partial charge in [0.15, 0.2) is 5.78 Å². The summed E-state index contributed by atoms with van der Waals surface area (Å²) in [5.74, 6) is -4.65. The highest BCUT2D eigenvalue weighted by molar-refractivity contribution is 6.00. The molecule has 5 rings (SSSR count). The fourth-order valence-electron chi connectivity index (χ4n) is 7.70. The number of carbonyl (C=O) groups excluding carboxylic acids is 7. The summed E-state index contributed by atoms with van der Waals surface area (Å²) in [5, 5.41) is 34.7. The van der Waals surface area contributed by atoms with Crippen LogP contribution in [0.15, 0.2) is 60.7 Å². The van der Waals surface area contributed by atoms with Crippen LogP contribution in [0.2, 0.25) is 0 Å². The third kappa shape index (κ3) is 10.5. The van der Waals surface area contributed by atoms with Crippen LogP contribution < -0.4 is 26.6 Å². The Morgan fingerprint density at radius 2 is 1.14 bits per heavy atom. The molecule has 9 atom stereocenters. The van der Waals surface area contributed by atoms with Crippen molar-refractivity contribution >= 4 is 41.4 Å². The first kappa shape index (κ1) is 42.8. The van der Waals surface area contributed by atoms with Crippen molar-refractivity contribution in [2.75, 3.05) is 19.7 Å². The number of Topliss-reactive ketones (excluding diaryl/α,β-unsaturated/α-hetero) is 1. The maximum absolute atomic E-state index is 14.2. The highest BCUT2D eigenvalue weighted by Gasteiger charge is 2.44. The van der Waals surface area contributed by atoms with E-state index >= 15 is 0 Å². The maximum Gasteiger partial charge on any atom is 0.318 e. The zero-order valence-electron chi connectivity index (χ0n) is 32.7. The number of carbonyl (C=O) groups is 7. The van der Waals surface area contributed by atoms with E-state index in [1.165, 1.54) is 16.7 Å². The number of ketones is 1. The Morgan fingerprint density at radius 1 is 0.632 bits per heavy atom. The standard InChI is InChI=1S/C41H55N7O9/c1-4-24(2)33-39(55)42-28(21-26-13-7-5-8-14-26)36(52)43-30(23-49)35(51)31-17-11-19-47(31)40(56)34(25(3)50)46-38(54)32-18-12-20-48(32)41(57)44-29(37(53)45-33)22-27-15-9-6-10-16-27/h5-10,13-16,24-25,28-34,49-50H,4,11-12,17-23H2,1-3H3,(H,42,55)(H,43,52)(H,44,57)(H,45,53)(H,46,54)/t24-,25+,28-,29-,30-,31-,32?,33-,34+/m0/s1. The topological polar surface area (TPSA) is 227 Å². The van der Waals surface area contributed by atoms with E-state index in [0.29, 0.717) is 24.8 Å². The first-order chi connectivity index (χ1) is 27.3. The molecule has 0 spiro atoms. The van der Waals surface area contributed by atoms with E-state index in [9.17, 15) is 43.8 Å². The number of amides is 7. The molecule has 0 aromatic heterocycles. The van der Waals surface area contributed by atoms with Crippen LogP contribution >= 0.6 is 0 Å². The average molecular weight is 790 g/mol. The van der Waals surface area contributed by atoms with Crippen LogP contribution in [0, 0.1) is 5.92 Å². The molecule has 16 nitrogen and oxygen atoms in total. The van der Waals surface area contributed by atoms with E-state index in [1.807, 2.05) is 13.0 Å². The van der Waals surface area contributed by atoms with Gasteiger partial charge in [-0.15, -0.1) is 0 Å². The first-order valence-corrected chi connectivity index (χ1v) is 19.8. The molecular formula is C41H55N7O9. The number of aliphatic hydroxyl groups excluding tert-OH is 2. The van der Waals surface area contributed by atoms with Crippen molar-refractivity contribution in [1.82, 2.24) is 36.4 Å². The number of aliphatic hydroxyl groups is 2. The SMILES string of the molecule is CC[C@H](C)[C@@H]1NC(=O)[C@H](Cc2ccccc2)NC(=O)N2CCCC2C(=O)N[C@H]([C@@H](C)O)C(=O)N2CCC[C@H]2C(=O)[C@H](CO)NC(=O)[C@H](Cc2ccccc2)NC1=O. The van der Waals surface area contributed by atoms with Crippen LogP contribution in [0.1, 0.15) is 64.0 Å². The quantitative estimate of drug-likeness (QED) is 0.190. The summed E-state index contributed by atoms with van der Waals surface area (Å²) in [4.78, 5) is 101. The molecule has 57 heavy (non-hydrogen) atoms. The summed E-state index contributed by atoms with van der Waals surface area (Å²) in [6.07, 6.45) is 0.423. The molecule has 1 unspecified atom stereocenters. The van der Waals surface area contributed by atoms with Crippen molar-refractivity contribution in [3.8, 4) is 0 Å². The molecule has 16 heteroatoms. The van der Waals surface area contributed by atoms with Crippen molar-refractivity contribution in [3.05, 3.63) is 71.8 Å². The Morgan fingerprint density at radius 3 is 1.70 bits per heavy atom. The largest absolute Gasteiger partial charge is 0.394 e. The monoisotopic (exact) mass is 789 g/mol. The van der Waals surface area contributed by atoms with E-state index in [-0.39, 0.29) is 38.8 Å². The minimum absolute atomic E-state index is 0.000574. The molecule has 3 fully saturated rings. The van der Waals surface area contributed by atoms with Crippen LogP contribution in [-0.4, -0.2) is 129 Å². The lowest BCUT2D eigenvalue weighted by Crippen LogP contribution is -2.61. The van der Waals surface area contributed by atoms with Gasteiger partial charge in [0.1, 0.15) is 36.3 Å². The smallest absolute Gasteiger partial charge is 0.318 e. The van der Waals surface area contributed by atoms with Gasteiger partial charge >= 0.3 is 6.03 Å². The zero-order chi connectivity index (χ0) is 41.2. The molecule has 0 bridgehead atoms. The van der Waals surface area contributed by atoms with Gasteiger partial charge in [0.25, 0.3) is 0 Å². The maximum atomic E-state index is 14.2. The van der Waals surface area contributed by atoms with Crippen LogP contribution in [0.3, 0.4) is 0 Å². The van der Waals surface area contributed by atoms with Crippen LogP contribution in [0.5, 0.6) is 0 Å². The first-order valence-electron chi connectivity index (χ1n) is 19.8. The molecule has 0 radical (unpaired) electrons. The van der Waals surface area contributed by atoms with Gasteiger partial charge in [0.05, 0.1) is 18.8 Å². The Balaban J connectivity index is 1.55. The second-order valence-electron chi connectivity index (χ2n) is 15.2. The lowest BCUT2D eigenvalue weighted by Gasteiger charge is -2.33. The Hall–Kier alpha value is -5.35. The number of nitrogens with zero attached hydrogens (tertiary/aromatic N) is 2. The molecule has 3 saturated heterocycles. The molecule has 7 N–H and O–H groups in total. The predicted molar refractivity (Wildman–Crippen MR) is 208 cm³/mol. The molecule has 2 aromatic carbocycles. The number of benzene rings is 2. The third-order valence-electron chi connectivity index (χ3n) is 11.2. The van der Waals surface area contributed by atoms with E-state index in [4.69, 9.17) is 0 Å². The summed E-state index contributed by atoms with van der Waals surface area (Å²) in [5.41, 5.74) is 1.40. The summed E-state index contributed by atoms with van der Waals surface area (Å²) in [6, 6.07) is 8.43. The average Bonchev–Trinajstić information content (AvgIpc) is 3.91. The second-order valence-corrected chi connectivity index (χ2v) is 15.2. The predicted octanol–water partition coefficient (Wildman–Crippen LogP) is -0.0535. The normalized spacial score (nSPS) is 28.2. The summed E-state index contributed by atoms with van der Waals surface area (Å²) in [6.45, 7) is 4.42. The van der Waals surface area contributed by atoms with Crippen LogP contribution in [0.4, 0.5) is 4.79 Å². The fourth-order valence-corrected chi connectivity index (χ4v) is 7.70. The van der Waals surface area contributed by atoms with E-state index < -0.39 is 102 Å². The molecule has 7 amide bonds. The van der Waals surface area contributed by atoms with E-state index in [1.54, 1.807) is 61.5 Å². The zero-order valence-corrected chi connectivity index (χ0v) is 32.7. The van der Waals surface area contributed by atoms with Gasteiger partial charge in [-0.05, 0) is 49.7 Å². The van der Waals surface area contributed by atoms with Crippen molar-refractivity contribution in [3.63, 3.8) is 0 Å². The minimum Gasteiger partial charge on any atom is -0.394 e. The molecule has 3 aliphatic heterocycles. The van der Waals surface area contributed by atoms with Gasteiger partial charge in [-0.3, -0.25) is 28.8 Å². The van der Waals surface area contributed by atoms with Crippen LogP contribution in [-0.2, 0) is 41.6 Å². The van der Waals surface area contributed by atoms with E-state index in [2.05, 4.69) is 26.6 Å². The Labute approximate surface area is 332 Å². The lowest BCUT2D eigenvalue weighted by atomic mass is 9.96. The molecule has 2 aromatic rings. The number of fused-ring (bicyclic) bond motifs is 2. The number of nitrogens with one attached hydrogen (secondary N) is 5. The second kappa shape index (κ2) is 19.7. The van der Waals surface area contributed by atoms with Gasteiger partial charge in [-0.2, -0.15) is 0 Å². The molecule has 0 saturated carbocycles. The van der Waals surface area contributed by atoms with Crippen molar-refractivity contribution in [1.29, 1.82) is 0 Å². The fraction of sp³-hybridized carbons (Fsp3) is 0.537. The Bertz CT molecular complexity index is 1760. The van der Waals surface area contributed by atoms with Crippen molar-refractivity contribution in [2.24, 2.45) is 5.92 Å². The number of urea groups is 1. The van der Waals surface area contributed by atoms with E-state index in [0.717, 1.165) is 5.56 Å². The summed E-state index contributed by atoms with van der Waals surface area (Å²) in [7, 11) is 0. The molecule has 308 valence electrons. The van der Waals surface area contributed by atoms with Gasteiger partial charge in [-0.25, -0.2) is 4.79 Å². The van der Waals surface area contributed by atoms with Gasteiger partial charge in [0.2, 0.25) is 29.5 Å². The van der Waals surface area contributed by atoms with Gasteiger partial charge in [-0.1, -0.05) is 80.9 Å². The number of hydrogen-bond acceptors (Lipinski definition) is 9. The molecule has 3 aliphatic rings. The highest BCUT2D eigenvalue weighted by Crippen LogP contribution is 2.23. The van der Waals surface area contributed by atoms with Gasteiger partial charge in [0, 0.05) is 25.9 Å². The van der Waals surface area contributed by atoms with Crippen LogP contribution in [0.25, 0.3) is 0 Å². The third-order valence-corrected chi connectivity index (χ3v) is 11.2. The van der Waals surface area contributed by atoms with Gasteiger partial charge < -0.3 is 46.6 Å². The van der Waals surface area contributed by atoms with Crippen molar-refractivity contribution in [2.45, 2.75) is 114 Å². The minimum atomic E-state index is -1.48. The summed E-state index contributed by atoms with van der Waals surface area (Å²) >= 11 is 0. The highest BCUT2D eigenvalue weighted by atomic mass is 16.3. The number of rotatable bonds is 8. The Kier molecular flexibility index (Phi) is 14.8. The van der Waals surface area contributed by atoms with Crippen molar-refractivity contribution < 1.29 is 43.8 Å². The lowest BCUT2D eigenvalue weighted by molar-refractivity contribution is -0.144. The molecule has 0 aliphatic carbocycles. The molecular weight excluding hydrogens is 734 g/mol.